The summed E-state index contributed by atoms with van der Waals surface area (Å²) in [4.78, 5) is 24.4. The Morgan fingerprint density at radius 3 is 2.25 bits per heavy atom. The van der Waals surface area contributed by atoms with Crippen molar-refractivity contribution in [2.24, 2.45) is 5.10 Å². The first-order valence-corrected chi connectivity index (χ1v) is 11.2. The molecule has 36 heavy (non-hydrogen) atoms. The molecule has 11 heteroatoms. The third-order valence-electron chi connectivity index (χ3n) is 4.86. The number of hydrogen-bond donors (Lipinski definition) is 2. The van der Waals surface area contributed by atoms with E-state index in [1.54, 1.807) is 54.6 Å². The van der Waals surface area contributed by atoms with Gasteiger partial charge < -0.3 is 24.3 Å². The molecule has 3 aromatic carbocycles. The van der Waals surface area contributed by atoms with Gasteiger partial charge in [-0.15, -0.1) is 0 Å². The quantitative estimate of drug-likeness (QED) is 0.235. The molecule has 0 spiro atoms. The maximum Gasteiger partial charge on any atom is 0.329 e. The molecule has 0 heterocycles. The summed E-state index contributed by atoms with van der Waals surface area (Å²) >= 11 is 12.4. The lowest BCUT2D eigenvalue weighted by Crippen LogP contribution is -2.32. The lowest BCUT2D eigenvalue weighted by molar-refractivity contribution is -0.136. The number of benzene rings is 3. The number of halogens is 2. The molecule has 0 aliphatic heterocycles. The van der Waals surface area contributed by atoms with E-state index >= 15 is 0 Å². The summed E-state index contributed by atoms with van der Waals surface area (Å²) in [5.74, 6) is -0.119. The molecule has 0 aliphatic carbocycles. The van der Waals surface area contributed by atoms with Gasteiger partial charge in [0.15, 0.2) is 11.5 Å². The minimum absolute atomic E-state index is 0.145. The van der Waals surface area contributed by atoms with Crippen LogP contribution in [0.2, 0.25) is 10.0 Å². The Kier molecular flexibility index (Phi) is 9.38. The summed E-state index contributed by atoms with van der Waals surface area (Å²) in [6.07, 6.45) is 1.36. The number of hydrazone groups is 1. The van der Waals surface area contributed by atoms with Crippen LogP contribution in [0.15, 0.2) is 59.7 Å². The number of anilines is 1. The van der Waals surface area contributed by atoms with Gasteiger partial charge >= 0.3 is 11.8 Å². The van der Waals surface area contributed by atoms with Gasteiger partial charge in [0.25, 0.3) is 0 Å². The van der Waals surface area contributed by atoms with Gasteiger partial charge in [-0.3, -0.25) is 9.59 Å². The molecule has 188 valence electrons. The molecule has 0 radical (unpaired) electrons. The van der Waals surface area contributed by atoms with E-state index in [1.807, 2.05) is 0 Å². The van der Waals surface area contributed by atoms with Crippen LogP contribution in [0, 0.1) is 0 Å². The van der Waals surface area contributed by atoms with Crippen molar-refractivity contribution in [3.8, 4) is 23.0 Å². The molecule has 0 aromatic heterocycles. The van der Waals surface area contributed by atoms with Gasteiger partial charge in [0.2, 0.25) is 0 Å². The summed E-state index contributed by atoms with van der Waals surface area (Å²) in [5, 5.41) is 7.28. The lowest BCUT2D eigenvalue weighted by atomic mass is 10.2. The molecule has 0 saturated heterocycles. The first kappa shape index (κ1) is 26.7. The second-order valence-electron chi connectivity index (χ2n) is 7.12. The maximum absolute atomic E-state index is 12.2. The highest BCUT2D eigenvalue weighted by atomic mass is 35.5. The Hall–Kier alpha value is -3.95. The molecule has 0 fully saturated rings. The molecule has 2 N–H and O–H groups in total. The SMILES string of the molecule is COc1ccc(NC(=O)C(=O)N/N=C/c2ccc(OCc3c(Cl)cccc3Cl)c(OC)c2)c(OC)c1. The second-order valence-corrected chi connectivity index (χ2v) is 7.93. The fraction of sp³-hybridized carbons (Fsp3) is 0.160. The molecule has 0 saturated carbocycles. The first-order chi connectivity index (χ1) is 17.4. The van der Waals surface area contributed by atoms with Gasteiger partial charge in [0.1, 0.15) is 18.1 Å². The number of carbonyl (C=O) groups excluding carboxylic acids is 2. The summed E-state index contributed by atoms with van der Waals surface area (Å²) in [6.45, 7) is 0.145. The maximum atomic E-state index is 12.2. The molecule has 3 aromatic rings. The van der Waals surface area contributed by atoms with Crippen LogP contribution in [0.5, 0.6) is 23.0 Å². The zero-order valence-electron chi connectivity index (χ0n) is 19.6. The number of amides is 2. The van der Waals surface area contributed by atoms with Crippen molar-refractivity contribution in [3.63, 3.8) is 0 Å². The predicted octanol–water partition coefficient (Wildman–Crippen LogP) is 4.69. The average Bonchev–Trinajstić information content (AvgIpc) is 2.88. The summed E-state index contributed by atoms with van der Waals surface area (Å²) in [7, 11) is 4.43. The van der Waals surface area contributed by atoms with E-state index < -0.39 is 11.8 Å². The van der Waals surface area contributed by atoms with Crippen LogP contribution in [-0.2, 0) is 16.2 Å². The van der Waals surface area contributed by atoms with E-state index in [-0.39, 0.29) is 6.61 Å². The van der Waals surface area contributed by atoms with Gasteiger partial charge in [-0.05, 0) is 48.0 Å². The third kappa shape index (κ3) is 6.80. The van der Waals surface area contributed by atoms with E-state index in [0.717, 1.165) is 0 Å². The van der Waals surface area contributed by atoms with E-state index in [1.165, 1.54) is 27.5 Å². The van der Waals surface area contributed by atoms with Crippen LogP contribution in [0.4, 0.5) is 5.69 Å². The Morgan fingerprint density at radius 1 is 0.861 bits per heavy atom. The normalized spacial score (nSPS) is 10.6. The molecule has 3 rings (SSSR count). The predicted molar refractivity (Wildman–Crippen MR) is 138 cm³/mol. The van der Waals surface area contributed by atoms with E-state index in [9.17, 15) is 9.59 Å². The molecule has 2 amide bonds. The summed E-state index contributed by atoms with van der Waals surface area (Å²) in [6, 6.07) is 15.0. The second kappa shape index (κ2) is 12.7. The Bertz CT molecular complexity index is 1260. The zero-order chi connectivity index (χ0) is 26.1. The van der Waals surface area contributed by atoms with Crippen molar-refractivity contribution in [1.29, 1.82) is 0 Å². The van der Waals surface area contributed by atoms with Gasteiger partial charge in [-0.2, -0.15) is 5.10 Å². The minimum atomic E-state index is -0.965. The Balaban J connectivity index is 1.60. The van der Waals surface area contributed by atoms with Crippen molar-refractivity contribution in [3.05, 3.63) is 75.8 Å². The molecule has 0 aliphatic rings. The number of rotatable bonds is 9. The van der Waals surface area contributed by atoms with Crippen molar-refractivity contribution in [1.82, 2.24) is 5.43 Å². The average molecular weight is 532 g/mol. The van der Waals surface area contributed by atoms with Crippen LogP contribution in [0.3, 0.4) is 0 Å². The summed E-state index contributed by atoms with van der Waals surface area (Å²) in [5.41, 5.74) is 3.73. The first-order valence-electron chi connectivity index (χ1n) is 10.5. The number of ether oxygens (including phenoxy) is 4. The minimum Gasteiger partial charge on any atom is -0.497 e. The van der Waals surface area contributed by atoms with E-state index in [4.69, 9.17) is 42.1 Å². The molecule has 0 atom stereocenters. The van der Waals surface area contributed by atoms with Gasteiger partial charge in [-0.1, -0.05) is 29.3 Å². The number of nitrogens with zero attached hydrogens (tertiary/aromatic N) is 1. The highest BCUT2D eigenvalue weighted by Crippen LogP contribution is 2.31. The standard InChI is InChI=1S/C25H23Cl2N3O6/c1-33-16-8-9-20(22(12-16)34-2)29-24(31)25(32)30-28-13-15-7-10-21(23(11-15)35-3)36-14-17-18(26)5-4-6-19(17)27/h4-13H,14H2,1-3H3,(H,29,31)(H,30,32)/b28-13+. The van der Waals surface area contributed by atoms with Gasteiger partial charge in [0, 0.05) is 21.7 Å². The molecular formula is C25H23Cl2N3O6. The van der Waals surface area contributed by atoms with Crippen LogP contribution in [0.25, 0.3) is 0 Å². The molecular weight excluding hydrogens is 509 g/mol. The van der Waals surface area contributed by atoms with Crippen molar-refractivity contribution in [2.45, 2.75) is 6.61 Å². The monoisotopic (exact) mass is 531 g/mol. The highest BCUT2D eigenvalue weighted by molar-refractivity contribution is 6.39. The van der Waals surface area contributed by atoms with Crippen molar-refractivity contribution in [2.75, 3.05) is 26.6 Å². The van der Waals surface area contributed by atoms with Crippen molar-refractivity contribution >= 4 is 46.9 Å². The van der Waals surface area contributed by atoms with E-state index in [2.05, 4.69) is 15.8 Å². The van der Waals surface area contributed by atoms with Crippen molar-refractivity contribution < 1.29 is 28.5 Å². The topological polar surface area (TPSA) is 107 Å². The number of carbonyl (C=O) groups is 2. The van der Waals surface area contributed by atoms with Crippen LogP contribution < -0.4 is 29.7 Å². The fourth-order valence-corrected chi connectivity index (χ4v) is 3.51. The fourth-order valence-electron chi connectivity index (χ4n) is 3.00. The molecule has 0 bridgehead atoms. The zero-order valence-corrected chi connectivity index (χ0v) is 21.1. The molecule has 9 nitrogen and oxygen atoms in total. The third-order valence-corrected chi connectivity index (χ3v) is 5.57. The number of hydrogen-bond acceptors (Lipinski definition) is 7. The molecule has 0 unspecified atom stereocenters. The Morgan fingerprint density at radius 2 is 1.58 bits per heavy atom. The van der Waals surface area contributed by atoms with Crippen LogP contribution in [0.1, 0.15) is 11.1 Å². The lowest BCUT2D eigenvalue weighted by Gasteiger charge is -2.13. The highest BCUT2D eigenvalue weighted by Gasteiger charge is 2.16. The largest absolute Gasteiger partial charge is 0.497 e. The Labute approximate surface area is 217 Å². The number of methoxy groups -OCH3 is 3. The smallest absolute Gasteiger partial charge is 0.329 e. The van der Waals surface area contributed by atoms with Crippen LogP contribution in [-0.4, -0.2) is 39.4 Å². The van der Waals surface area contributed by atoms with Gasteiger partial charge in [0.05, 0.1) is 33.2 Å². The van der Waals surface area contributed by atoms with Crippen LogP contribution >= 0.6 is 23.2 Å². The summed E-state index contributed by atoms with van der Waals surface area (Å²) < 4.78 is 21.5. The number of nitrogens with one attached hydrogen (secondary N) is 2. The van der Waals surface area contributed by atoms with Gasteiger partial charge in [-0.25, -0.2) is 5.43 Å². The van der Waals surface area contributed by atoms with E-state index in [0.29, 0.717) is 49.9 Å².